The zero-order chi connectivity index (χ0) is 32.8. The van der Waals surface area contributed by atoms with Gasteiger partial charge in [-0.2, -0.15) is 0 Å². The van der Waals surface area contributed by atoms with Gasteiger partial charge in [-0.05, 0) is 85.6 Å². The number of nitrogens with zero attached hydrogens (tertiary/aromatic N) is 1. The number of amides is 3. The molecular weight excluding hydrogens is 623 g/mol. The summed E-state index contributed by atoms with van der Waals surface area (Å²) >= 11 is 3.18. The molecule has 0 fully saturated rings. The van der Waals surface area contributed by atoms with Gasteiger partial charge in [-0.1, -0.05) is 91.0 Å². The molecule has 1 unspecified atom stereocenters. The Bertz CT molecular complexity index is 1910. The second-order valence-corrected chi connectivity index (χ2v) is 13.4. The number of fused-ring (bicyclic) bond motifs is 2. The summed E-state index contributed by atoms with van der Waals surface area (Å²) in [5.74, 6) is -0.799. The van der Waals surface area contributed by atoms with Crippen LogP contribution in [0.15, 0.2) is 148 Å². The summed E-state index contributed by atoms with van der Waals surface area (Å²) in [7, 11) is 0. The van der Waals surface area contributed by atoms with Crippen molar-refractivity contribution < 1.29 is 14.4 Å². The summed E-state index contributed by atoms with van der Waals surface area (Å²) in [5.41, 5.74) is 4.77. The van der Waals surface area contributed by atoms with Crippen molar-refractivity contribution in [2.24, 2.45) is 0 Å². The number of anilines is 3. The monoisotopic (exact) mass is 655 g/mol. The van der Waals surface area contributed by atoms with E-state index in [-0.39, 0.29) is 22.8 Å². The van der Waals surface area contributed by atoms with Crippen LogP contribution in [0.1, 0.15) is 34.8 Å². The molecule has 1 atom stereocenters. The predicted octanol–water partition coefficient (Wildman–Crippen LogP) is 9.10. The van der Waals surface area contributed by atoms with E-state index in [4.69, 9.17) is 0 Å². The molecule has 6 rings (SSSR count). The second-order valence-electron chi connectivity index (χ2n) is 11.0. The highest BCUT2D eigenvalue weighted by Crippen LogP contribution is 2.48. The van der Waals surface area contributed by atoms with Crippen molar-refractivity contribution in [2.75, 3.05) is 10.2 Å². The molecule has 0 bridgehead atoms. The molecule has 1 heterocycles. The second kappa shape index (κ2) is 14.6. The minimum Gasteiger partial charge on any atom is -0.321 e. The molecule has 0 saturated heterocycles. The maximum atomic E-state index is 14.1. The molecule has 3 amide bonds. The first-order valence-corrected chi connectivity index (χ1v) is 17.0. The quantitative estimate of drug-likeness (QED) is 0.122. The lowest BCUT2D eigenvalue weighted by molar-refractivity contribution is -0.117. The molecule has 0 aromatic heterocycles. The van der Waals surface area contributed by atoms with E-state index in [1.165, 1.54) is 11.8 Å². The molecule has 1 aliphatic heterocycles. The number of thioether (sulfide) groups is 1. The maximum Gasteiger partial charge on any atom is 0.272 e. The molecular formula is C39H33N3O3S2. The van der Waals surface area contributed by atoms with Gasteiger partial charge in [0.2, 0.25) is 5.91 Å². The van der Waals surface area contributed by atoms with E-state index in [1.54, 1.807) is 42.1 Å². The van der Waals surface area contributed by atoms with Gasteiger partial charge in [0.1, 0.15) is 5.70 Å². The highest BCUT2D eigenvalue weighted by molar-refractivity contribution is 8.00. The van der Waals surface area contributed by atoms with E-state index in [0.717, 1.165) is 37.2 Å². The van der Waals surface area contributed by atoms with Crippen LogP contribution >= 0.6 is 23.5 Å². The number of rotatable bonds is 9. The number of nitrogens with one attached hydrogen (secondary N) is 2. The van der Waals surface area contributed by atoms with Gasteiger partial charge >= 0.3 is 0 Å². The first-order valence-electron chi connectivity index (χ1n) is 15.3. The van der Waals surface area contributed by atoms with Crippen LogP contribution in [0.5, 0.6) is 0 Å². The van der Waals surface area contributed by atoms with Gasteiger partial charge in [0, 0.05) is 25.9 Å². The van der Waals surface area contributed by atoms with Gasteiger partial charge in [-0.25, -0.2) is 0 Å². The summed E-state index contributed by atoms with van der Waals surface area (Å²) in [5, 5.41) is 5.38. The molecule has 5 aromatic carbocycles. The predicted molar refractivity (Wildman–Crippen MR) is 192 cm³/mol. The number of hydrogen-bond acceptors (Lipinski definition) is 5. The summed E-state index contributed by atoms with van der Waals surface area (Å²) < 4.78 is 0. The van der Waals surface area contributed by atoms with Crippen LogP contribution < -0.4 is 15.5 Å². The molecule has 0 radical (unpaired) electrons. The average Bonchev–Trinajstić information content (AvgIpc) is 3.10. The Morgan fingerprint density at radius 2 is 1.43 bits per heavy atom. The first kappa shape index (κ1) is 31.9. The van der Waals surface area contributed by atoms with Gasteiger partial charge in [0.05, 0.1) is 16.6 Å². The van der Waals surface area contributed by atoms with Gasteiger partial charge in [-0.15, -0.1) is 11.8 Å². The van der Waals surface area contributed by atoms with E-state index < -0.39 is 5.91 Å². The lowest BCUT2D eigenvalue weighted by atomic mass is 10.1. The number of carbonyl (C=O) groups is 3. The Labute approximate surface area is 283 Å². The van der Waals surface area contributed by atoms with Crippen molar-refractivity contribution in [3.63, 3.8) is 0 Å². The number of benzene rings is 5. The van der Waals surface area contributed by atoms with Crippen LogP contribution in [0.4, 0.5) is 17.1 Å². The van der Waals surface area contributed by atoms with Crippen molar-refractivity contribution in [1.29, 1.82) is 0 Å². The topological polar surface area (TPSA) is 78.5 Å². The fraction of sp³-hybridized carbons (Fsp3) is 0.103. The molecule has 5 aromatic rings. The van der Waals surface area contributed by atoms with Crippen LogP contribution in [0.25, 0.3) is 6.08 Å². The van der Waals surface area contributed by atoms with Gasteiger partial charge in [-0.3, -0.25) is 19.3 Å². The molecule has 2 N–H and O–H groups in total. The summed E-state index contributed by atoms with van der Waals surface area (Å²) in [6, 6.07) is 39.9. The number of para-hydroxylation sites is 2. The molecule has 234 valence electrons. The van der Waals surface area contributed by atoms with Gasteiger partial charge < -0.3 is 10.6 Å². The number of carbonyl (C=O) groups excluding carboxylic acids is 3. The minimum atomic E-state index is -0.446. The minimum absolute atomic E-state index is 0.0233. The lowest BCUT2D eigenvalue weighted by Crippen LogP contribution is -2.35. The molecule has 1 aliphatic rings. The molecule has 0 aliphatic carbocycles. The third kappa shape index (κ3) is 7.51. The lowest BCUT2D eigenvalue weighted by Gasteiger charge is -2.33. The molecule has 8 heteroatoms. The highest BCUT2D eigenvalue weighted by Gasteiger charge is 2.32. The van der Waals surface area contributed by atoms with Crippen molar-refractivity contribution in [3.05, 3.63) is 150 Å². The van der Waals surface area contributed by atoms with E-state index in [1.807, 2.05) is 122 Å². The number of hydrogen-bond donors (Lipinski definition) is 2. The number of aryl methyl sites for hydroxylation is 1. The largest absolute Gasteiger partial charge is 0.321 e. The highest BCUT2D eigenvalue weighted by atomic mass is 32.2. The molecule has 0 spiro atoms. The average molecular weight is 656 g/mol. The van der Waals surface area contributed by atoms with Crippen LogP contribution in [-0.2, 0) is 9.59 Å². The Morgan fingerprint density at radius 1 is 0.787 bits per heavy atom. The summed E-state index contributed by atoms with van der Waals surface area (Å²) in [6.07, 6.45) is 2.31. The standard InChI is InChI=1S/C39H33N3O3S2/c1-3-34(39(45)42-32-16-7-9-18-35(32)47-36-19-10-8-17-33(36)42)46-30-22-20-29(21-23-30)40-38(44)31(25-27-13-11-12-26(2)24-27)41-37(43)28-14-5-4-6-15-28/h4-25,34H,3H2,1-2H3,(H,40,44)(H,41,43)/b31-25-. The fourth-order valence-electron chi connectivity index (χ4n) is 5.24. The Balaban J connectivity index is 1.18. The Morgan fingerprint density at radius 3 is 2.06 bits per heavy atom. The van der Waals surface area contributed by atoms with E-state index in [2.05, 4.69) is 10.6 Å². The van der Waals surface area contributed by atoms with E-state index in [0.29, 0.717) is 17.7 Å². The molecule has 0 saturated carbocycles. The van der Waals surface area contributed by atoms with Gasteiger partial charge in [0.15, 0.2) is 0 Å². The van der Waals surface area contributed by atoms with Crippen molar-refractivity contribution in [1.82, 2.24) is 5.32 Å². The van der Waals surface area contributed by atoms with Crippen LogP contribution in [0, 0.1) is 6.92 Å². The Kier molecular flexibility index (Phi) is 9.90. The normalized spacial score (nSPS) is 12.8. The Hall–Kier alpha value is -5.05. The zero-order valence-electron chi connectivity index (χ0n) is 26.0. The van der Waals surface area contributed by atoms with Crippen LogP contribution in [-0.4, -0.2) is 23.0 Å². The van der Waals surface area contributed by atoms with Gasteiger partial charge in [0.25, 0.3) is 11.8 Å². The van der Waals surface area contributed by atoms with E-state index >= 15 is 0 Å². The molecule has 47 heavy (non-hydrogen) atoms. The van der Waals surface area contributed by atoms with E-state index in [9.17, 15) is 14.4 Å². The molecule has 6 nitrogen and oxygen atoms in total. The zero-order valence-corrected chi connectivity index (χ0v) is 27.6. The summed E-state index contributed by atoms with van der Waals surface area (Å²) in [6.45, 7) is 3.99. The maximum absolute atomic E-state index is 14.1. The third-order valence-corrected chi connectivity index (χ3v) is 10.1. The third-order valence-electron chi connectivity index (χ3n) is 7.57. The first-order chi connectivity index (χ1) is 22.9. The SMILES string of the molecule is CCC(Sc1ccc(NC(=O)/C(=C/c2cccc(C)c2)NC(=O)c2ccccc2)cc1)C(=O)N1c2ccccc2Sc2ccccc21. The van der Waals surface area contributed by atoms with Crippen LogP contribution in [0.3, 0.4) is 0 Å². The fourth-order valence-corrected chi connectivity index (χ4v) is 7.30. The summed E-state index contributed by atoms with van der Waals surface area (Å²) in [4.78, 5) is 45.4. The van der Waals surface area contributed by atoms with Crippen molar-refractivity contribution >= 4 is 64.4 Å². The van der Waals surface area contributed by atoms with Crippen molar-refractivity contribution in [3.8, 4) is 0 Å². The van der Waals surface area contributed by atoms with Crippen LogP contribution in [0.2, 0.25) is 0 Å². The van der Waals surface area contributed by atoms with Crippen molar-refractivity contribution in [2.45, 2.75) is 40.2 Å². The smallest absolute Gasteiger partial charge is 0.272 e.